The zero-order valence-electron chi connectivity index (χ0n) is 7.75. The molecule has 2 aromatic rings. The van der Waals surface area contributed by atoms with E-state index < -0.39 is 11.5 Å². The van der Waals surface area contributed by atoms with Gasteiger partial charge in [-0.1, -0.05) is 0 Å². The first-order chi connectivity index (χ1) is 7.09. The normalized spacial score (nSPS) is 9.81. The second kappa shape index (κ2) is 4.63. The number of rotatable bonds is 1. The molecule has 0 radical (unpaired) electrons. The first kappa shape index (κ1) is 12.7. The summed E-state index contributed by atoms with van der Waals surface area (Å²) in [7, 11) is 0. The highest BCUT2D eigenvalue weighted by Crippen LogP contribution is 2.08. The number of hydrogen-bond donors (Lipinski definition) is 1. The van der Waals surface area contributed by atoms with E-state index >= 15 is 0 Å². The van der Waals surface area contributed by atoms with E-state index in [0.717, 1.165) is 6.20 Å². The van der Waals surface area contributed by atoms with Crippen LogP contribution in [0.2, 0.25) is 0 Å². The van der Waals surface area contributed by atoms with Gasteiger partial charge in [-0.3, -0.25) is 9.20 Å². The molecule has 1 N–H and O–H groups in total. The van der Waals surface area contributed by atoms with Gasteiger partial charge in [0.1, 0.15) is 11.2 Å². The minimum atomic E-state index is -1.28. The second-order valence-corrected chi connectivity index (χ2v) is 3.77. The molecule has 0 amide bonds. The number of carbonyl (C=O) groups is 1. The molecule has 2 rings (SSSR count). The largest absolute Gasteiger partial charge is 0.477 e. The topological polar surface area (TPSA) is 71.7 Å². The average molecular weight is 306 g/mol. The van der Waals surface area contributed by atoms with Crippen molar-refractivity contribution in [3.8, 4) is 0 Å². The van der Waals surface area contributed by atoms with Crippen molar-refractivity contribution in [3.63, 3.8) is 0 Å². The second-order valence-electron chi connectivity index (χ2n) is 2.86. The molecule has 0 saturated heterocycles. The van der Waals surface area contributed by atoms with Gasteiger partial charge in [-0.2, -0.15) is 0 Å². The fraction of sp³-hybridized carbons (Fsp3) is 0. The van der Waals surface area contributed by atoms with Crippen LogP contribution < -0.4 is 5.56 Å². The van der Waals surface area contributed by atoms with E-state index in [-0.39, 0.29) is 18.0 Å². The number of pyridine rings is 1. The van der Waals surface area contributed by atoms with E-state index in [1.54, 1.807) is 12.1 Å². The molecule has 2 heterocycles. The molecule has 0 aromatic carbocycles. The summed E-state index contributed by atoms with van der Waals surface area (Å²) < 4.78 is 1.87. The lowest BCUT2D eigenvalue weighted by molar-refractivity contribution is 0.0694. The first-order valence-electron chi connectivity index (χ1n) is 4.00. The zero-order chi connectivity index (χ0) is 11.0. The van der Waals surface area contributed by atoms with E-state index in [9.17, 15) is 9.59 Å². The third kappa shape index (κ3) is 2.07. The zero-order valence-corrected chi connectivity index (χ0v) is 10.2. The molecule has 0 aliphatic heterocycles. The average Bonchev–Trinajstić information content (AvgIpc) is 2.19. The molecule has 5 nitrogen and oxygen atoms in total. The summed E-state index contributed by atoms with van der Waals surface area (Å²) in [5.74, 6) is -1.28. The maximum absolute atomic E-state index is 11.6. The van der Waals surface area contributed by atoms with Gasteiger partial charge in [0.15, 0.2) is 0 Å². The number of nitrogens with zero attached hydrogens (tertiary/aromatic N) is 2. The van der Waals surface area contributed by atoms with Crippen molar-refractivity contribution in [1.82, 2.24) is 9.38 Å². The van der Waals surface area contributed by atoms with Crippen LogP contribution in [0.3, 0.4) is 0 Å². The smallest absolute Gasteiger partial charge is 0.342 e. The van der Waals surface area contributed by atoms with Crippen LogP contribution in [0.4, 0.5) is 0 Å². The van der Waals surface area contributed by atoms with Crippen LogP contribution in [0.5, 0.6) is 0 Å². The highest BCUT2D eigenvalue weighted by molar-refractivity contribution is 9.10. The molecule has 0 aliphatic carbocycles. The van der Waals surface area contributed by atoms with E-state index in [1.807, 2.05) is 0 Å². The van der Waals surface area contributed by atoms with Crippen molar-refractivity contribution < 1.29 is 9.90 Å². The van der Waals surface area contributed by atoms with Crippen LogP contribution in [-0.4, -0.2) is 20.5 Å². The predicted octanol–water partition coefficient (Wildman–Crippen LogP) is 1.58. The van der Waals surface area contributed by atoms with Crippen molar-refractivity contribution in [2.75, 3.05) is 0 Å². The summed E-state index contributed by atoms with van der Waals surface area (Å²) >= 11 is 3.19. The molecule has 16 heavy (non-hydrogen) atoms. The highest BCUT2D eigenvalue weighted by Gasteiger charge is 2.11. The lowest BCUT2D eigenvalue weighted by Crippen LogP contribution is -2.22. The Kier molecular flexibility index (Phi) is 3.66. The highest BCUT2D eigenvalue weighted by atomic mass is 79.9. The van der Waals surface area contributed by atoms with E-state index in [1.165, 1.54) is 10.6 Å². The Labute approximate surface area is 104 Å². The molecule has 7 heteroatoms. The van der Waals surface area contributed by atoms with Gasteiger partial charge in [0.25, 0.3) is 5.56 Å². The third-order valence-corrected chi connectivity index (χ3v) is 2.37. The molecule has 2 aromatic heterocycles. The maximum atomic E-state index is 11.6. The molecular weight excluding hydrogens is 299 g/mol. The number of halogens is 2. The van der Waals surface area contributed by atoms with Crippen LogP contribution >= 0.6 is 28.3 Å². The van der Waals surface area contributed by atoms with Gasteiger partial charge in [0.05, 0.1) is 0 Å². The van der Waals surface area contributed by atoms with Gasteiger partial charge < -0.3 is 5.11 Å². The van der Waals surface area contributed by atoms with Crippen molar-refractivity contribution in [2.45, 2.75) is 0 Å². The quantitative estimate of drug-likeness (QED) is 0.868. The first-order valence-corrected chi connectivity index (χ1v) is 4.79. The molecule has 0 saturated carbocycles. The van der Waals surface area contributed by atoms with Crippen molar-refractivity contribution >= 4 is 40.0 Å². The van der Waals surface area contributed by atoms with Gasteiger partial charge in [-0.15, -0.1) is 12.4 Å². The predicted molar refractivity (Wildman–Crippen MR) is 63.4 cm³/mol. The minimum Gasteiger partial charge on any atom is -0.477 e. The minimum absolute atomic E-state index is 0. The number of hydrogen-bond acceptors (Lipinski definition) is 3. The molecular formula is C9H6BrClN2O3. The summed E-state index contributed by atoms with van der Waals surface area (Å²) in [6.45, 7) is 0. The Hall–Kier alpha value is -1.40. The summed E-state index contributed by atoms with van der Waals surface area (Å²) in [5, 5.41) is 8.73. The van der Waals surface area contributed by atoms with Gasteiger partial charge in [-0.05, 0) is 28.1 Å². The van der Waals surface area contributed by atoms with Gasteiger partial charge in [0.2, 0.25) is 0 Å². The molecule has 0 unspecified atom stereocenters. The summed E-state index contributed by atoms with van der Waals surface area (Å²) in [5.41, 5.74) is -0.521. The molecule has 84 valence electrons. The number of aromatic nitrogens is 2. The Morgan fingerprint density at radius 2 is 2.12 bits per heavy atom. The number of carboxylic acids is 1. The summed E-state index contributed by atoms with van der Waals surface area (Å²) in [6.07, 6.45) is 2.55. The van der Waals surface area contributed by atoms with E-state index in [2.05, 4.69) is 20.9 Å². The van der Waals surface area contributed by atoms with Crippen LogP contribution in [0, 0.1) is 0 Å². The van der Waals surface area contributed by atoms with E-state index in [4.69, 9.17) is 5.11 Å². The number of aromatic carboxylic acids is 1. The SMILES string of the molecule is Cl.O=C(O)c1cnc2ccc(Br)cn2c1=O. The van der Waals surface area contributed by atoms with Crippen molar-refractivity contribution in [2.24, 2.45) is 0 Å². The Morgan fingerprint density at radius 1 is 1.44 bits per heavy atom. The van der Waals surface area contributed by atoms with Crippen LogP contribution in [0.15, 0.2) is 33.8 Å². The molecule has 0 atom stereocenters. The summed E-state index contributed by atoms with van der Waals surface area (Å²) in [6, 6.07) is 3.35. The van der Waals surface area contributed by atoms with Crippen molar-refractivity contribution in [1.29, 1.82) is 0 Å². The lowest BCUT2D eigenvalue weighted by atomic mass is 10.3. The van der Waals surface area contributed by atoms with E-state index in [0.29, 0.717) is 10.1 Å². The monoisotopic (exact) mass is 304 g/mol. The Morgan fingerprint density at radius 3 is 2.75 bits per heavy atom. The molecule has 0 fully saturated rings. The lowest BCUT2D eigenvalue weighted by Gasteiger charge is -2.01. The third-order valence-electron chi connectivity index (χ3n) is 1.90. The van der Waals surface area contributed by atoms with Gasteiger partial charge in [-0.25, -0.2) is 9.78 Å². The number of fused-ring (bicyclic) bond motifs is 1. The Bertz CT molecular complexity index is 611. The van der Waals surface area contributed by atoms with Gasteiger partial charge in [0, 0.05) is 16.9 Å². The van der Waals surface area contributed by atoms with Crippen LogP contribution in [0.25, 0.3) is 5.65 Å². The maximum Gasteiger partial charge on any atom is 0.342 e. The molecule has 0 aliphatic rings. The molecule has 0 spiro atoms. The van der Waals surface area contributed by atoms with Gasteiger partial charge >= 0.3 is 5.97 Å². The number of carboxylic acid groups (broad SMARTS) is 1. The standard InChI is InChI=1S/C9H5BrN2O3.ClH/c10-5-1-2-7-11-3-6(9(14)15)8(13)12(7)4-5;/h1-4H,(H,14,15);1H. The van der Waals surface area contributed by atoms with Crippen molar-refractivity contribution in [3.05, 3.63) is 44.9 Å². The fourth-order valence-corrected chi connectivity index (χ4v) is 1.53. The van der Waals surface area contributed by atoms with Crippen LogP contribution in [0.1, 0.15) is 10.4 Å². The molecule has 0 bridgehead atoms. The van der Waals surface area contributed by atoms with Crippen LogP contribution in [-0.2, 0) is 0 Å². The Balaban J connectivity index is 0.00000128. The summed E-state index contributed by atoms with van der Waals surface area (Å²) in [4.78, 5) is 26.2. The fourth-order valence-electron chi connectivity index (χ4n) is 1.20.